The number of carbonyl (C=O) groups is 2. The van der Waals surface area contributed by atoms with E-state index in [-0.39, 0.29) is 12.1 Å². The summed E-state index contributed by atoms with van der Waals surface area (Å²) < 4.78 is 38.5. The summed E-state index contributed by atoms with van der Waals surface area (Å²) in [5.74, 6) is -0.447. The van der Waals surface area contributed by atoms with Crippen molar-refractivity contribution >= 4 is 35.0 Å². The molecular weight excluding hydrogens is 429 g/mol. The summed E-state index contributed by atoms with van der Waals surface area (Å²) in [5, 5.41) is 4.32. The van der Waals surface area contributed by atoms with Gasteiger partial charge in [0, 0.05) is 16.9 Å². The predicted octanol–water partition coefficient (Wildman–Crippen LogP) is 4.60. The second-order valence-electron chi connectivity index (χ2n) is 6.72. The molecule has 0 unspecified atom stereocenters. The van der Waals surface area contributed by atoms with E-state index in [1.165, 1.54) is 18.5 Å². The molecule has 1 aromatic heterocycles. The van der Waals surface area contributed by atoms with E-state index in [1.807, 2.05) is 30.3 Å². The maximum absolute atomic E-state index is 12.8. The minimum atomic E-state index is -4.50. The third-order valence-corrected chi connectivity index (χ3v) is 5.74. The Kier molecular flexibility index (Phi) is 5.64. The second kappa shape index (κ2) is 8.38. The fourth-order valence-electron chi connectivity index (χ4n) is 2.97. The number of fused-ring (bicyclic) bond motifs is 1. The van der Waals surface area contributed by atoms with Gasteiger partial charge in [-0.05, 0) is 18.2 Å². The van der Waals surface area contributed by atoms with Crippen molar-refractivity contribution in [2.75, 3.05) is 10.6 Å². The summed E-state index contributed by atoms with van der Waals surface area (Å²) in [6.45, 7) is 0. The van der Waals surface area contributed by atoms with Gasteiger partial charge in [-0.1, -0.05) is 30.3 Å². The van der Waals surface area contributed by atoms with Crippen molar-refractivity contribution in [2.24, 2.45) is 0 Å². The van der Waals surface area contributed by atoms with E-state index in [1.54, 1.807) is 0 Å². The third-order valence-electron chi connectivity index (χ3n) is 4.46. The number of hydrogen-bond donors (Lipinski definition) is 2. The Morgan fingerprint density at radius 2 is 1.81 bits per heavy atom. The number of benzene rings is 2. The lowest BCUT2D eigenvalue weighted by molar-refractivity contribution is -0.137. The Balaban J connectivity index is 1.39. The molecule has 0 aliphatic carbocycles. The van der Waals surface area contributed by atoms with Gasteiger partial charge in [0.05, 0.1) is 34.6 Å². The first-order valence-corrected chi connectivity index (χ1v) is 10.0. The van der Waals surface area contributed by atoms with Crippen molar-refractivity contribution in [2.45, 2.75) is 22.7 Å². The Bertz CT molecular complexity index is 1120. The van der Waals surface area contributed by atoms with E-state index >= 15 is 0 Å². The highest BCUT2D eigenvalue weighted by molar-refractivity contribution is 8.01. The maximum atomic E-state index is 12.8. The molecular formula is C21H15F3N4O2S. The molecule has 1 aliphatic rings. The van der Waals surface area contributed by atoms with E-state index in [2.05, 4.69) is 20.6 Å². The molecule has 0 spiro atoms. The minimum Gasteiger partial charge on any atom is -0.324 e. The van der Waals surface area contributed by atoms with Crippen LogP contribution in [-0.4, -0.2) is 27.0 Å². The summed E-state index contributed by atoms with van der Waals surface area (Å²) in [7, 11) is 0. The fraction of sp³-hybridized carbons (Fsp3) is 0.143. The molecule has 0 saturated heterocycles. The third kappa shape index (κ3) is 4.85. The molecule has 2 amide bonds. The van der Waals surface area contributed by atoms with E-state index in [0.29, 0.717) is 16.4 Å². The van der Waals surface area contributed by atoms with Gasteiger partial charge in [-0.25, -0.2) is 9.97 Å². The van der Waals surface area contributed by atoms with Gasteiger partial charge in [-0.2, -0.15) is 13.2 Å². The number of nitrogens with zero attached hydrogens (tertiary/aromatic N) is 2. The lowest BCUT2D eigenvalue weighted by Gasteiger charge is -2.24. The normalized spacial score (nSPS) is 15.7. The first kappa shape index (κ1) is 20.9. The van der Waals surface area contributed by atoms with Gasteiger partial charge >= 0.3 is 6.18 Å². The number of carbonyl (C=O) groups excluding carboxylic acids is 2. The number of alkyl halides is 3. The van der Waals surface area contributed by atoms with Crippen molar-refractivity contribution in [1.82, 2.24) is 9.97 Å². The molecule has 6 nitrogen and oxygen atoms in total. The lowest BCUT2D eigenvalue weighted by atomic mass is 10.1. The number of aromatic nitrogens is 2. The van der Waals surface area contributed by atoms with E-state index < -0.39 is 28.8 Å². The van der Waals surface area contributed by atoms with Gasteiger partial charge in [-0.3, -0.25) is 9.59 Å². The van der Waals surface area contributed by atoms with Crippen LogP contribution in [0.1, 0.15) is 12.0 Å². The summed E-state index contributed by atoms with van der Waals surface area (Å²) in [4.78, 5) is 33.6. The van der Waals surface area contributed by atoms with Gasteiger partial charge in [-0.15, -0.1) is 11.8 Å². The summed E-state index contributed by atoms with van der Waals surface area (Å²) >= 11 is 1.05. The largest absolute Gasteiger partial charge is 0.416 e. The van der Waals surface area contributed by atoms with Crippen LogP contribution in [-0.2, 0) is 15.8 Å². The predicted molar refractivity (Wildman–Crippen MR) is 110 cm³/mol. The Hall–Kier alpha value is -3.40. The van der Waals surface area contributed by atoms with Crippen molar-refractivity contribution < 1.29 is 22.8 Å². The minimum absolute atomic E-state index is 0.0892. The van der Waals surface area contributed by atoms with Gasteiger partial charge in [0.1, 0.15) is 0 Å². The molecule has 10 heteroatoms. The average molecular weight is 444 g/mol. The van der Waals surface area contributed by atoms with Crippen molar-refractivity contribution in [3.8, 4) is 11.4 Å². The monoisotopic (exact) mass is 444 g/mol. The standard InChI is InChI=1S/C21H15F3N4O2S/c22-21(23,24)13-6-7-16-15(8-13)28-20(30)17(31-16)9-18(29)27-14-10-25-19(26-11-14)12-4-2-1-3-5-12/h1-8,10-11,17H,9H2,(H,27,29)(H,28,30)/t17-/m1/s1. The zero-order chi connectivity index (χ0) is 22.0. The summed E-state index contributed by atoms with van der Waals surface area (Å²) in [5.41, 5.74) is 0.456. The molecule has 0 bridgehead atoms. The zero-order valence-corrected chi connectivity index (χ0v) is 16.6. The molecule has 1 atom stereocenters. The van der Waals surface area contributed by atoms with Crippen molar-refractivity contribution in [3.05, 3.63) is 66.5 Å². The van der Waals surface area contributed by atoms with E-state index in [0.717, 1.165) is 29.5 Å². The summed E-state index contributed by atoms with van der Waals surface area (Å²) in [6, 6.07) is 12.5. The topological polar surface area (TPSA) is 84.0 Å². The van der Waals surface area contributed by atoms with E-state index in [9.17, 15) is 22.8 Å². The van der Waals surface area contributed by atoms with Crippen LogP contribution < -0.4 is 10.6 Å². The number of halogens is 3. The molecule has 1 aliphatic heterocycles. The number of rotatable bonds is 4. The molecule has 0 fully saturated rings. The average Bonchev–Trinajstić information content (AvgIpc) is 2.74. The van der Waals surface area contributed by atoms with Gasteiger partial charge < -0.3 is 10.6 Å². The van der Waals surface area contributed by atoms with Crippen LogP contribution in [0.4, 0.5) is 24.5 Å². The Labute approximate surface area is 179 Å². The van der Waals surface area contributed by atoms with Crippen LogP contribution in [0.5, 0.6) is 0 Å². The van der Waals surface area contributed by atoms with Crippen LogP contribution in [0.3, 0.4) is 0 Å². The zero-order valence-electron chi connectivity index (χ0n) is 15.8. The number of hydrogen-bond acceptors (Lipinski definition) is 5. The first-order valence-electron chi connectivity index (χ1n) is 9.16. The highest BCUT2D eigenvalue weighted by atomic mass is 32.2. The molecule has 3 aromatic rings. The van der Waals surface area contributed by atoms with Gasteiger partial charge in [0.2, 0.25) is 11.8 Å². The van der Waals surface area contributed by atoms with Gasteiger partial charge in [0.15, 0.2) is 5.82 Å². The van der Waals surface area contributed by atoms with E-state index in [4.69, 9.17) is 0 Å². The van der Waals surface area contributed by atoms with Crippen LogP contribution in [0, 0.1) is 0 Å². The Morgan fingerprint density at radius 3 is 2.48 bits per heavy atom. The highest BCUT2D eigenvalue weighted by Crippen LogP contribution is 2.40. The van der Waals surface area contributed by atoms with Crippen LogP contribution in [0.25, 0.3) is 11.4 Å². The summed E-state index contributed by atoms with van der Waals surface area (Å²) in [6.07, 6.45) is -1.72. The SMILES string of the molecule is O=C(C[C@H]1Sc2ccc(C(F)(F)F)cc2NC1=O)Nc1cnc(-c2ccccc2)nc1. The van der Waals surface area contributed by atoms with Crippen LogP contribution in [0.15, 0.2) is 65.8 Å². The molecule has 0 saturated carbocycles. The van der Waals surface area contributed by atoms with Crippen LogP contribution >= 0.6 is 11.8 Å². The molecule has 158 valence electrons. The molecule has 0 radical (unpaired) electrons. The molecule has 2 N–H and O–H groups in total. The fourth-order valence-corrected chi connectivity index (χ4v) is 4.06. The number of nitrogens with one attached hydrogen (secondary N) is 2. The quantitative estimate of drug-likeness (QED) is 0.614. The van der Waals surface area contributed by atoms with Crippen molar-refractivity contribution in [1.29, 1.82) is 0 Å². The molecule has 4 rings (SSSR count). The second-order valence-corrected chi connectivity index (χ2v) is 7.96. The highest BCUT2D eigenvalue weighted by Gasteiger charge is 2.34. The number of thioether (sulfide) groups is 1. The number of anilines is 2. The lowest BCUT2D eigenvalue weighted by Crippen LogP contribution is -2.32. The Morgan fingerprint density at radius 1 is 1.10 bits per heavy atom. The maximum Gasteiger partial charge on any atom is 0.416 e. The van der Waals surface area contributed by atoms with Crippen LogP contribution in [0.2, 0.25) is 0 Å². The first-order chi connectivity index (χ1) is 14.8. The smallest absolute Gasteiger partial charge is 0.324 e. The number of amides is 2. The molecule has 2 aromatic carbocycles. The van der Waals surface area contributed by atoms with Crippen molar-refractivity contribution in [3.63, 3.8) is 0 Å². The molecule has 31 heavy (non-hydrogen) atoms. The molecule has 2 heterocycles. The van der Waals surface area contributed by atoms with Gasteiger partial charge in [0.25, 0.3) is 0 Å².